The predicted molar refractivity (Wildman–Crippen MR) is 92.2 cm³/mol. The highest BCUT2D eigenvalue weighted by atomic mass is 16.5. The highest BCUT2D eigenvalue weighted by molar-refractivity contribution is 6.06. The molecule has 0 spiro atoms. The fourth-order valence-corrected chi connectivity index (χ4v) is 3.32. The van der Waals surface area contributed by atoms with E-state index in [9.17, 15) is 9.59 Å². The lowest BCUT2D eigenvalue weighted by molar-refractivity contribution is 0.0828. The Balaban J connectivity index is 1.97. The molecular weight excluding hydrogens is 322 g/mol. The molecule has 25 heavy (non-hydrogen) atoms. The summed E-state index contributed by atoms with van der Waals surface area (Å²) in [6.45, 7) is 0. The van der Waals surface area contributed by atoms with Gasteiger partial charge in [-0.3, -0.25) is 4.79 Å². The molecule has 0 unspecified atom stereocenters. The van der Waals surface area contributed by atoms with Crippen molar-refractivity contribution in [3.05, 3.63) is 51.6 Å². The highest BCUT2D eigenvalue weighted by Crippen LogP contribution is 2.38. The largest absolute Gasteiger partial charge is 0.497 e. The van der Waals surface area contributed by atoms with Crippen molar-refractivity contribution >= 4 is 16.9 Å². The molecule has 0 bridgehead atoms. The molecule has 0 saturated carbocycles. The van der Waals surface area contributed by atoms with Gasteiger partial charge >= 0.3 is 5.63 Å². The van der Waals surface area contributed by atoms with E-state index in [1.807, 2.05) is 18.2 Å². The molecule has 0 atom stereocenters. The van der Waals surface area contributed by atoms with Crippen LogP contribution in [-0.4, -0.2) is 32.0 Å². The maximum atomic E-state index is 12.6. The van der Waals surface area contributed by atoms with Crippen molar-refractivity contribution in [2.75, 3.05) is 21.2 Å². The standard InChI is InChI=1S/C19H17NO5/c1-20(2)18(21)14-9-24-17-13-6-4-10-8-11(23-3)5-7-12(10)16(13)25-19(22)15(14)17/h5,7-9H,4,6H2,1-3H3. The Kier molecular flexibility index (Phi) is 3.42. The molecule has 0 fully saturated rings. The molecule has 2 heterocycles. The van der Waals surface area contributed by atoms with Crippen LogP contribution in [0.15, 0.2) is 38.1 Å². The number of hydrogen-bond acceptors (Lipinski definition) is 5. The molecule has 0 saturated heterocycles. The average Bonchev–Trinajstić information content (AvgIpc) is 3.06. The van der Waals surface area contributed by atoms with E-state index in [2.05, 4.69) is 0 Å². The minimum atomic E-state index is -0.559. The molecule has 4 rings (SSSR count). The molecule has 1 aliphatic rings. The normalized spacial score (nSPS) is 12.6. The molecule has 1 aliphatic carbocycles. The summed E-state index contributed by atoms with van der Waals surface area (Å²) in [5.41, 5.74) is 2.86. The summed E-state index contributed by atoms with van der Waals surface area (Å²) >= 11 is 0. The lowest BCUT2D eigenvalue weighted by Crippen LogP contribution is -2.22. The molecule has 0 aliphatic heterocycles. The maximum Gasteiger partial charge on any atom is 0.348 e. The van der Waals surface area contributed by atoms with Crippen LogP contribution in [0, 0.1) is 0 Å². The number of nitrogens with zero attached hydrogens (tertiary/aromatic N) is 1. The van der Waals surface area contributed by atoms with E-state index in [0.717, 1.165) is 28.9 Å². The number of methoxy groups -OCH3 is 1. The zero-order chi connectivity index (χ0) is 17.7. The van der Waals surface area contributed by atoms with Crippen LogP contribution in [0.3, 0.4) is 0 Å². The number of ether oxygens (including phenoxy) is 1. The number of fused-ring (bicyclic) bond motifs is 5. The van der Waals surface area contributed by atoms with Crippen molar-refractivity contribution < 1.29 is 18.4 Å². The van der Waals surface area contributed by atoms with Gasteiger partial charge < -0.3 is 18.5 Å². The number of furan rings is 1. The van der Waals surface area contributed by atoms with E-state index in [1.54, 1.807) is 21.2 Å². The van der Waals surface area contributed by atoms with Crippen molar-refractivity contribution in [2.45, 2.75) is 12.8 Å². The number of carbonyl (C=O) groups is 1. The average molecular weight is 339 g/mol. The van der Waals surface area contributed by atoms with Gasteiger partial charge in [-0.2, -0.15) is 0 Å². The minimum absolute atomic E-state index is 0.217. The molecule has 128 valence electrons. The summed E-state index contributed by atoms with van der Waals surface area (Å²) in [4.78, 5) is 26.3. The van der Waals surface area contributed by atoms with E-state index < -0.39 is 5.63 Å². The fraction of sp³-hybridized carbons (Fsp3) is 0.263. The Morgan fingerprint density at radius 2 is 2.04 bits per heavy atom. The highest BCUT2D eigenvalue weighted by Gasteiger charge is 2.28. The molecule has 0 N–H and O–H groups in total. The van der Waals surface area contributed by atoms with Gasteiger partial charge in [-0.15, -0.1) is 0 Å². The molecule has 3 aromatic rings. The van der Waals surface area contributed by atoms with E-state index in [1.165, 1.54) is 11.2 Å². The third-order valence-electron chi connectivity index (χ3n) is 4.58. The first-order valence-corrected chi connectivity index (χ1v) is 7.97. The van der Waals surface area contributed by atoms with Crippen molar-refractivity contribution in [3.8, 4) is 17.1 Å². The summed E-state index contributed by atoms with van der Waals surface area (Å²) in [5, 5.41) is 0.217. The lowest BCUT2D eigenvalue weighted by Gasteiger charge is -2.18. The second-order valence-electron chi connectivity index (χ2n) is 6.27. The Morgan fingerprint density at radius 3 is 2.76 bits per heavy atom. The molecular formula is C19H17NO5. The van der Waals surface area contributed by atoms with Gasteiger partial charge in [0.2, 0.25) is 0 Å². The third-order valence-corrected chi connectivity index (χ3v) is 4.58. The zero-order valence-corrected chi connectivity index (χ0v) is 14.2. The van der Waals surface area contributed by atoms with E-state index in [0.29, 0.717) is 17.8 Å². The second kappa shape index (κ2) is 5.51. The van der Waals surface area contributed by atoms with Crippen LogP contribution in [-0.2, 0) is 12.8 Å². The van der Waals surface area contributed by atoms with Gasteiger partial charge in [-0.25, -0.2) is 4.79 Å². The summed E-state index contributed by atoms with van der Waals surface area (Å²) in [5.74, 6) is 0.994. The van der Waals surface area contributed by atoms with Crippen molar-refractivity contribution in [2.24, 2.45) is 0 Å². The predicted octanol–water partition coefficient (Wildman–Crippen LogP) is 2.86. The van der Waals surface area contributed by atoms with Gasteiger partial charge in [0, 0.05) is 25.2 Å². The minimum Gasteiger partial charge on any atom is -0.497 e. The Bertz CT molecular complexity index is 1060. The van der Waals surface area contributed by atoms with Gasteiger partial charge in [-0.1, -0.05) is 0 Å². The first-order valence-electron chi connectivity index (χ1n) is 7.97. The first-order chi connectivity index (χ1) is 12.0. The first kappa shape index (κ1) is 15.5. The number of aryl methyl sites for hydroxylation is 2. The Morgan fingerprint density at radius 1 is 1.24 bits per heavy atom. The fourth-order valence-electron chi connectivity index (χ4n) is 3.32. The number of carbonyl (C=O) groups excluding carboxylic acids is 1. The van der Waals surface area contributed by atoms with E-state index >= 15 is 0 Å². The zero-order valence-electron chi connectivity index (χ0n) is 14.2. The Hall–Kier alpha value is -3.02. The number of amides is 1. The Labute approximate surface area is 143 Å². The topological polar surface area (TPSA) is 72.9 Å². The van der Waals surface area contributed by atoms with Gasteiger partial charge in [-0.05, 0) is 36.6 Å². The van der Waals surface area contributed by atoms with E-state index in [4.69, 9.17) is 13.6 Å². The van der Waals surface area contributed by atoms with Crippen LogP contribution < -0.4 is 10.4 Å². The monoisotopic (exact) mass is 339 g/mol. The third kappa shape index (κ3) is 2.25. The summed E-state index contributed by atoms with van der Waals surface area (Å²) in [6.07, 6.45) is 2.78. The van der Waals surface area contributed by atoms with Crippen LogP contribution in [0.1, 0.15) is 21.5 Å². The quantitative estimate of drug-likeness (QED) is 0.718. The summed E-state index contributed by atoms with van der Waals surface area (Å²) < 4.78 is 16.5. The molecule has 2 aromatic heterocycles. The number of benzene rings is 1. The molecule has 0 radical (unpaired) electrons. The maximum absolute atomic E-state index is 12.6. The van der Waals surface area contributed by atoms with Gasteiger partial charge in [0.05, 0.1) is 12.7 Å². The van der Waals surface area contributed by atoms with Gasteiger partial charge in [0.1, 0.15) is 28.7 Å². The summed E-state index contributed by atoms with van der Waals surface area (Å²) in [7, 11) is 4.88. The van der Waals surface area contributed by atoms with Crippen LogP contribution in [0.2, 0.25) is 0 Å². The van der Waals surface area contributed by atoms with Crippen molar-refractivity contribution in [3.63, 3.8) is 0 Å². The van der Waals surface area contributed by atoms with Crippen molar-refractivity contribution in [1.29, 1.82) is 0 Å². The number of rotatable bonds is 2. The molecule has 1 aromatic carbocycles. The lowest BCUT2D eigenvalue weighted by atomic mass is 9.89. The molecule has 1 amide bonds. The van der Waals surface area contributed by atoms with Crippen LogP contribution in [0.4, 0.5) is 0 Å². The molecule has 6 nitrogen and oxygen atoms in total. The van der Waals surface area contributed by atoms with Gasteiger partial charge in [0.25, 0.3) is 5.91 Å². The second-order valence-corrected chi connectivity index (χ2v) is 6.27. The van der Waals surface area contributed by atoms with Crippen LogP contribution in [0.5, 0.6) is 5.75 Å². The number of hydrogen-bond donors (Lipinski definition) is 0. The smallest absolute Gasteiger partial charge is 0.348 e. The van der Waals surface area contributed by atoms with E-state index in [-0.39, 0.29) is 16.9 Å². The van der Waals surface area contributed by atoms with Crippen LogP contribution in [0.25, 0.3) is 22.3 Å². The summed E-state index contributed by atoms with van der Waals surface area (Å²) in [6, 6.07) is 5.67. The molecule has 6 heteroatoms. The van der Waals surface area contributed by atoms with Crippen LogP contribution >= 0.6 is 0 Å². The SMILES string of the molecule is COc1ccc2c(c1)CCc1c-2oc(=O)c2c(C(=O)N(C)C)coc12. The van der Waals surface area contributed by atoms with Gasteiger partial charge in [0.15, 0.2) is 0 Å². The van der Waals surface area contributed by atoms with Crippen molar-refractivity contribution in [1.82, 2.24) is 4.90 Å².